The third-order valence-corrected chi connectivity index (χ3v) is 4.63. The van der Waals surface area contributed by atoms with Crippen molar-refractivity contribution in [2.24, 2.45) is 0 Å². The minimum Gasteiger partial charge on any atom is -0.378 e. The Labute approximate surface area is 115 Å². The van der Waals surface area contributed by atoms with Gasteiger partial charge < -0.3 is 4.74 Å². The third-order valence-electron chi connectivity index (χ3n) is 2.77. The molecule has 18 heavy (non-hydrogen) atoms. The molecule has 1 N–H and O–H groups in total. The molecular weight excluding hydrogens is 320 g/mol. The fraction of sp³-hybridized carbons (Fsp3) is 0.545. The van der Waals surface area contributed by atoms with Gasteiger partial charge in [0.05, 0.1) is 6.10 Å². The first-order valence-corrected chi connectivity index (χ1v) is 8.07. The number of sulfonamides is 1. The van der Waals surface area contributed by atoms with Crippen molar-refractivity contribution in [2.45, 2.75) is 30.3 Å². The number of hydrogen-bond acceptors (Lipinski definition) is 4. The molecule has 7 heteroatoms. The van der Waals surface area contributed by atoms with Gasteiger partial charge in [0.1, 0.15) is 4.90 Å². The highest BCUT2D eigenvalue weighted by atomic mass is 79.9. The number of hydrogen-bond donors (Lipinski definition) is 1. The first-order chi connectivity index (χ1) is 8.58. The van der Waals surface area contributed by atoms with Gasteiger partial charge in [-0.2, -0.15) is 0 Å². The van der Waals surface area contributed by atoms with Crippen LogP contribution in [0.5, 0.6) is 0 Å². The van der Waals surface area contributed by atoms with Crippen molar-refractivity contribution >= 4 is 26.0 Å². The summed E-state index contributed by atoms with van der Waals surface area (Å²) >= 11 is 3.20. The van der Waals surface area contributed by atoms with Gasteiger partial charge in [0.15, 0.2) is 0 Å². The van der Waals surface area contributed by atoms with Crippen LogP contribution < -0.4 is 4.72 Å². The second kappa shape index (κ2) is 6.10. The Morgan fingerprint density at radius 1 is 1.50 bits per heavy atom. The lowest BCUT2D eigenvalue weighted by molar-refractivity contribution is 0.105. The summed E-state index contributed by atoms with van der Waals surface area (Å²) in [4.78, 5) is 4.02. The van der Waals surface area contributed by atoms with E-state index in [1.165, 1.54) is 12.3 Å². The van der Waals surface area contributed by atoms with Gasteiger partial charge in [-0.05, 0) is 41.3 Å². The molecule has 1 aromatic heterocycles. The molecule has 1 aromatic rings. The van der Waals surface area contributed by atoms with Crippen molar-refractivity contribution < 1.29 is 13.2 Å². The van der Waals surface area contributed by atoms with Crippen molar-refractivity contribution in [1.82, 2.24) is 9.71 Å². The van der Waals surface area contributed by atoms with Gasteiger partial charge in [0, 0.05) is 30.0 Å². The summed E-state index contributed by atoms with van der Waals surface area (Å²) in [7, 11) is -3.47. The minimum absolute atomic E-state index is 0.171. The average Bonchev–Trinajstić information content (AvgIpc) is 2.82. The number of rotatable bonds is 5. The first-order valence-electron chi connectivity index (χ1n) is 5.80. The molecule has 1 fully saturated rings. The lowest BCUT2D eigenvalue weighted by Crippen LogP contribution is -2.27. The maximum absolute atomic E-state index is 11.9. The SMILES string of the molecule is O=S(=O)(NCCC1CCCO1)c1cncc(Br)c1. The quantitative estimate of drug-likeness (QED) is 0.889. The maximum atomic E-state index is 11.9. The second-order valence-electron chi connectivity index (χ2n) is 4.16. The maximum Gasteiger partial charge on any atom is 0.242 e. The van der Waals surface area contributed by atoms with Gasteiger partial charge in [-0.15, -0.1) is 0 Å². The highest BCUT2D eigenvalue weighted by molar-refractivity contribution is 9.10. The van der Waals surface area contributed by atoms with Crippen LogP contribution in [0.4, 0.5) is 0 Å². The summed E-state index contributed by atoms with van der Waals surface area (Å²) in [6.07, 6.45) is 5.85. The topological polar surface area (TPSA) is 68.3 Å². The molecule has 1 unspecified atom stereocenters. The molecule has 0 radical (unpaired) electrons. The number of nitrogens with one attached hydrogen (secondary N) is 1. The highest BCUT2D eigenvalue weighted by Crippen LogP contribution is 2.16. The summed E-state index contributed by atoms with van der Waals surface area (Å²) in [5.74, 6) is 0. The molecule has 1 aliphatic heterocycles. The number of nitrogens with zero attached hydrogens (tertiary/aromatic N) is 1. The van der Waals surface area contributed by atoms with Crippen LogP contribution >= 0.6 is 15.9 Å². The fourth-order valence-corrected chi connectivity index (χ4v) is 3.40. The molecule has 0 aliphatic carbocycles. The number of halogens is 1. The lowest BCUT2D eigenvalue weighted by atomic mass is 10.2. The van der Waals surface area contributed by atoms with Gasteiger partial charge in [-0.25, -0.2) is 13.1 Å². The molecule has 2 rings (SSSR count). The molecule has 0 amide bonds. The highest BCUT2D eigenvalue weighted by Gasteiger charge is 2.18. The minimum atomic E-state index is -3.47. The Bertz CT molecular complexity index is 501. The Morgan fingerprint density at radius 3 is 3.00 bits per heavy atom. The third kappa shape index (κ3) is 3.74. The van der Waals surface area contributed by atoms with Crippen LogP contribution in [0.1, 0.15) is 19.3 Å². The van der Waals surface area contributed by atoms with Crippen LogP contribution in [-0.2, 0) is 14.8 Å². The van der Waals surface area contributed by atoms with Gasteiger partial charge >= 0.3 is 0 Å². The summed E-state index contributed by atoms with van der Waals surface area (Å²) in [6, 6.07) is 1.53. The van der Waals surface area contributed by atoms with E-state index in [1.54, 1.807) is 6.20 Å². The van der Waals surface area contributed by atoms with Gasteiger partial charge in [0.25, 0.3) is 0 Å². The molecule has 1 saturated heterocycles. The zero-order valence-electron chi connectivity index (χ0n) is 9.80. The molecule has 0 spiro atoms. The van der Waals surface area contributed by atoms with E-state index in [4.69, 9.17) is 4.74 Å². The van der Waals surface area contributed by atoms with E-state index in [9.17, 15) is 8.42 Å². The van der Waals surface area contributed by atoms with Crippen LogP contribution in [0.2, 0.25) is 0 Å². The van der Waals surface area contributed by atoms with Crippen LogP contribution in [0.3, 0.4) is 0 Å². The van der Waals surface area contributed by atoms with Gasteiger partial charge in [0.2, 0.25) is 10.0 Å². The average molecular weight is 335 g/mol. The van der Waals surface area contributed by atoms with Gasteiger partial charge in [-0.3, -0.25) is 4.98 Å². The Morgan fingerprint density at radius 2 is 2.33 bits per heavy atom. The smallest absolute Gasteiger partial charge is 0.242 e. The molecule has 2 heterocycles. The fourth-order valence-electron chi connectivity index (χ4n) is 1.85. The van der Waals surface area contributed by atoms with Crippen molar-refractivity contribution in [1.29, 1.82) is 0 Å². The zero-order chi connectivity index (χ0) is 13.0. The summed E-state index contributed by atoms with van der Waals surface area (Å²) in [5.41, 5.74) is 0. The number of ether oxygens (including phenoxy) is 1. The molecule has 0 aromatic carbocycles. The van der Waals surface area contributed by atoms with E-state index in [2.05, 4.69) is 25.6 Å². The van der Waals surface area contributed by atoms with Crippen LogP contribution in [-0.4, -0.2) is 32.7 Å². The summed E-state index contributed by atoms with van der Waals surface area (Å²) < 4.78 is 32.5. The Hall–Kier alpha value is -0.500. The molecule has 1 atom stereocenters. The van der Waals surface area contributed by atoms with E-state index in [1.807, 2.05) is 0 Å². The molecule has 0 bridgehead atoms. The van der Waals surface area contributed by atoms with E-state index < -0.39 is 10.0 Å². The molecule has 0 saturated carbocycles. The zero-order valence-corrected chi connectivity index (χ0v) is 12.2. The van der Waals surface area contributed by atoms with Crippen molar-refractivity contribution in [3.63, 3.8) is 0 Å². The van der Waals surface area contributed by atoms with Crippen molar-refractivity contribution in [2.75, 3.05) is 13.2 Å². The van der Waals surface area contributed by atoms with E-state index in [0.717, 1.165) is 19.4 Å². The molecule has 5 nitrogen and oxygen atoms in total. The largest absolute Gasteiger partial charge is 0.378 e. The van der Waals surface area contributed by atoms with E-state index in [0.29, 0.717) is 17.4 Å². The summed E-state index contributed by atoms with van der Waals surface area (Å²) in [5, 5.41) is 0. The molecular formula is C11H15BrN2O3S. The number of pyridine rings is 1. The predicted octanol–water partition coefficient (Wildman–Crippen LogP) is 1.69. The van der Waals surface area contributed by atoms with E-state index in [-0.39, 0.29) is 11.0 Å². The predicted molar refractivity (Wildman–Crippen MR) is 70.7 cm³/mol. The Balaban J connectivity index is 1.90. The lowest BCUT2D eigenvalue weighted by Gasteiger charge is -2.10. The van der Waals surface area contributed by atoms with Crippen LogP contribution in [0, 0.1) is 0 Å². The first kappa shape index (κ1) is 13.9. The van der Waals surface area contributed by atoms with Gasteiger partial charge in [-0.1, -0.05) is 0 Å². The van der Waals surface area contributed by atoms with Crippen LogP contribution in [0.25, 0.3) is 0 Å². The molecule has 100 valence electrons. The standard InChI is InChI=1S/C11H15BrN2O3S/c12-9-6-11(8-13-7-9)18(15,16)14-4-3-10-2-1-5-17-10/h6-8,10,14H,1-5H2. The van der Waals surface area contributed by atoms with Crippen molar-refractivity contribution in [3.8, 4) is 0 Å². The monoisotopic (exact) mass is 334 g/mol. The molecule has 1 aliphatic rings. The van der Waals surface area contributed by atoms with Crippen molar-refractivity contribution in [3.05, 3.63) is 22.9 Å². The van der Waals surface area contributed by atoms with E-state index >= 15 is 0 Å². The van der Waals surface area contributed by atoms with Crippen LogP contribution in [0.15, 0.2) is 27.8 Å². The number of aromatic nitrogens is 1. The Kier molecular flexibility index (Phi) is 4.71. The summed E-state index contributed by atoms with van der Waals surface area (Å²) in [6.45, 7) is 1.17. The second-order valence-corrected chi connectivity index (χ2v) is 6.84. The normalized spacial score (nSPS) is 20.2.